The molecule has 4 heteroatoms. The maximum atomic E-state index is 12.6. The van der Waals surface area contributed by atoms with Crippen molar-refractivity contribution < 1.29 is 4.39 Å². The Morgan fingerprint density at radius 3 is 2.67 bits per heavy atom. The lowest BCUT2D eigenvalue weighted by Gasteiger charge is -1.86. The van der Waals surface area contributed by atoms with Crippen molar-refractivity contribution in [1.29, 1.82) is 0 Å². The van der Waals surface area contributed by atoms with Gasteiger partial charge in [0.1, 0.15) is 0 Å². The molecular formula is C8H4BrFS2. The van der Waals surface area contributed by atoms with E-state index in [2.05, 4.69) is 15.9 Å². The summed E-state index contributed by atoms with van der Waals surface area (Å²) in [4.78, 5) is 1.10. The van der Waals surface area contributed by atoms with Crippen molar-refractivity contribution in [2.45, 2.75) is 0 Å². The summed E-state index contributed by atoms with van der Waals surface area (Å²) < 4.78 is 13.7. The van der Waals surface area contributed by atoms with E-state index in [1.54, 1.807) is 17.4 Å². The zero-order valence-corrected chi connectivity index (χ0v) is 9.10. The minimum atomic E-state index is -0.130. The van der Waals surface area contributed by atoms with Crippen molar-refractivity contribution in [3.05, 3.63) is 32.5 Å². The summed E-state index contributed by atoms with van der Waals surface area (Å²) in [6.45, 7) is 0. The van der Waals surface area contributed by atoms with Crippen LogP contribution < -0.4 is 0 Å². The molecule has 0 nitrogen and oxygen atoms in total. The molecule has 0 aromatic carbocycles. The molecule has 0 N–H and O–H groups in total. The summed E-state index contributed by atoms with van der Waals surface area (Å²) in [7, 11) is 0. The van der Waals surface area contributed by atoms with Crippen molar-refractivity contribution in [3.8, 4) is 10.4 Å². The minimum Gasteiger partial charge on any atom is -0.195 e. The SMILES string of the molecule is Fc1cc(-c2ccc(Br)s2)cs1. The molecule has 0 spiro atoms. The van der Waals surface area contributed by atoms with Crippen molar-refractivity contribution in [2.75, 3.05) is 0 Å². The van der Waals surface area contributed by atoms with Gasteiger partial charge in [-0.1, -0.05) is 0 Å². The lowest BCUT2D eigenvalue weighted by atomic mass is 10.3. The Labute approximate surface area is 85.8 Å². The van der Waals surface area contributed by atoms with Crippen molar-refractivity contribution in [2.24, 2.45) is 0 Å². The molecular weight excluding hydrogens is 259 g/mol. The molecule has 0 bridgehead atoms. The fourth-order valence-electron chi connectivity index (χ4n) is 0.909. The van der Waals surface area contributed by atoms with Crippen LogP contribution in [0.2, 0.25) is 0 Å². The second-order valence-electron chi connectivity index (χ2n) is 2.24. The van der Waals surface area contributed by atoms with Crippen LogP contribution in [0.4, 0.5) is 4.39 Å². The highest BCUT2D eigenvalue weighted by Gasteiger charge is 2.03. The highest BCUT2D eigenvalue weighted by molar-refractivity contribution is 9.11. The van der Waals surface area contributed by atoms with E-state index >= 15 is 0 Å². The van der Waals surface area contributed by atoms with Gasteiger partial charge in [0, 0.05) is 15.8 Å². The Morgan fingerprint density at radius 2 is 2.17 bits per heavy atom. The normalized spacial score (nSPS) is 10.5. The molecule has 2 rings (SSSR count). The van der Waals surface area contributed by atoms with Crippen LogP contribution >= 0.6 is 38.6 Å². The Kier molecular flexibility index (Phi) is 2.30. The molecule has 0 aliphatic rings. The molecule has 12 heavy (non-hydrogen) atoms. The fraction of sp³-hybridized carbons (Fsp3) is 0. The average Bonchev–Trinajstić information content (AvgIpc) is 2.58. The Balaban J connectivity index is 2.43. The summed E-state index contributed by atoms with van der Waals surface area (Å²) in [5.74, 6) is 0. The largest absolute Gasteiger partial charge is 0.195 e. The quantitative estimate of drug-likeness (QED) is 0.716. The monoisotopic (exact) mass is 262 g/mol. The van der Waals surface area contributed by atoms with E-state index in [1.807, 2.05) is 17.5 Å². The Hall–Kier alpha value is -0.190. The molecule has 0 unspecified atom stereocenters. The Bertz CT molecular complexity index is 353. The van der Waals surface area contributed by atoms with Crippen LogP contribution in [0.5, 0.6) is 0 Å². The predicted octanol–water partition coefficient (Wildman–Crippen LogP) is 4.38. The van der Waals surface area contributed by atoms with Crippen LogP contribution in [0.3, 0.4) is 0 Å². The Morgan fingerprint density at radius 1 is 1.33 bits per heavy atom. The third kappa shape index (κ3) is 1.60. The maximum absolute atomic E-state index is 12.6. The molecule has 0 aliphatic carbocycles. The van der Waals surface area contributed by atoms with Gasteiger partial charge in [-0.25, -0.2) is 0 Å². The van der Waals surface area contributed by atoms with Gasteiger partial charge in [0.2, 0.25) is 0 Å². The highest BCUT2D eigenvalue weighted by atomic mass is 79.9. The second-order valence-corrected chi connectivity index (χ2v) is 5.57. The summed E-state index contributed by atoms with van der Waals surface area (Å²) in [5, 5.41) is 1.70. The van der Waals surface area contributed by atoms with E-state index < -0.39 is 0 Å². The van der Waals surface area contributed by atoms with E-state index in [4.69, 9.17) is 0 Å². The number of thiophene rings is 2. The molecule has 2 heterocycles. The molecule has 0 atom stereocenters. The van der Waals surface area contributed by atoms with E-state index in [-0.39, 0.29) is 5.13 Å². The fourth-order valence-corrected chi connectivity index (χ4v) is 2.99. The second kappa shape index (κ2) is 3.28. The van der Waals surface area contributed by atoms with E-state index in [1.165, 1.54) is 0 Å². The van der Waals surface area contributed by atoms with E-state index in [0.717, 1.165) is 25.6 Å². The summed E-state index contributed by atoms with van der Waals surface area (Å²) in [5.41, 5.74) is 0.966. The van der Waals surface area contributed by atoms with Crippen LogP contribution in [0.1, 0.15) is 0 Å². The summed E-state index contributed by atoms with van der Waals surface area (Å²) in [6.07, 6.45) is 0. The molecule has 0 amide bonds. The van der Waals surface area contributed by atoms with E-state index in [9.17, 15) is 4.39 Å². The molecule has 0 saturated carbocycles. The lowest BCUT2D eigenvalue weighted by molar-refractivity contribution is 0.657. The molecule has 0 fully saturated rings. The standard InChI is InChI=1S/C8H4BrFS2/c9-7-2-1-6(12-7)5-3-8(10)11-4-5/h1-4H. The van der Waals surface area contributed by atoms with Gasteiger partial charge in [0.15, 0.2) is 5.13 Å². The van der Waals surface area contributed by atoms with Gasteiger partial charge in [-0.05, 0) is 34.1 Å². The average molecular weight is 263 g/mol. The lowest BCUT2D eigenvalue weighted by Crippen LogP contribution is -1.60. The van der Waals surface area contributed by atoms with Gasteiger partial charge in [-0.2, -0.15) is 4.39 Å². The zero-order valence-electron chi connectivity index (χ0n) is 5.88. The predicted molar refractivity (Wildman–Crippen MR) is 55.3 cm³/mol. The minimum absolute atomic E-state index is 0.130. The van der Waals surface area contributed by atoms with Crippen molar-refractivity contribution in [3.63, 3.8) is 0 Å². The molecule has 62 valence electrons. The summed E-state index contributed by atoms with van der Waals surface area (Å²) >= 11 is 6.11. The maximum Gasteiger partial charge on any atom is 0.177 e. The van der Waals surface area contributed by atoms with Crippen LogP contribution in [0, 0.1) is 5.13 Å². The highest BCUT2D eigenvalue weighted by Crippen LogP contribution is 2.33. The van der Waals surface area contributed by atoms with Gasteiger partial charge in [0.05, 0.1) is 3.79 Å². The van der Waals surface area contributed by atoms with Gasteiger partial charge in [-0.3, -0.25) is 0 Å². The molecule has 2 aromatic heterocycles. The van der Waals surface area contributed by atoms with Gasteiger partial charge >= 0.3 is 0 Å². The zero-order chi connectivity index (χ0) is 8.55. The molecule has 2 aromatic rings. The smallest absolute Gasteiger partial charge is 0.177 e. The van der Waals surface area contributed by atoms with Crippen LogP contribution in [0.25, 0.3) is 10.4 Å². The number of hydrogen-bond acceptors (Lipinski definition) is 2. The van der Waals surface area contributed by atoms with Gasteiger partial charge in [-0.15, -0.1) is 22.7 Å². The van der Waals surface area contributed by atoms with Gasteiger partial charge < -0.3 is 0 Å². The third-order valence-electron chi connectivity index (χ3n) is 1.43. The topological polar surface area (TPSA) is 0 Å². The first kappa shape index (κ1) is 8.41. The summed E-state index contributed by atoms with van der Waals surface area (Å²) in [6, 6.07) is 5.51. The first-order valence-corrected chi connectivity index (χ1v) is 5.74. The molecule has 0 radical (unpaired) electrons. The molecule has 0 aliphatic heterocycles. The van der Waals surface area contributed by atoms with E-state index in [0.29, 0.717) is 0 Å². The first-order valence-electron chi connectivity index (χ1n) is 3.25. The molecule has 0 saturated heterocycles. The third-order valence-corrected chi connectivity index (χ3v) is 3.81. The van der Waals surface area contributed by atoms with Gasteiger partial charge in [0.25, 0.3) is 0 Å². The van der Waals surface area contributed by atoms with Crippen molar-refractivity contribution in [1.82, 2.24) is 0 Å². The van der Waals surface area contributed by atoms with Crippen LogP contribution in [-0.2, 0) is 0 Å². The first-order chi connectivity index (χ1) is 5.75. The van der Waals surface area contributed by atoms with Crippen molar-refractivity contribution >= 4 is 38.6 Å². The van der Waals surface area contributed by atoms with Crippen LogP contribution in [-0.4, -0.2) is 0 Å². The number of rotatable bonds is 1. The number of halogens is 2. The van der Waals surface area contributed by atoms with Crippen LogP contribution in [0.15, 0.2) is 27.4 Å². The number of hydrogen-bond donors (Lipinski definition) is 0.